The Bertz CT molecular complexity index is 1430. The molecule has 4 unspecified atom stereocenters. The highest BCUT2D eigenvalue weighted by Crippen LogP contribution is 2.53. The molecule has 0 aromatic heterocycles. The summed E-state index contributed by atoms with van der Waals surface area (Å²) in [6.07, 6.45) is 1.17. The van der Waals surface area contributed by atoms with Crippen LogP contribution in [-0.4, -0.2) is 95.3 Å². The maximum atomic E-state index is 14.0. The number of hydrogen-bond acceptors (Lipinski definition) is 11. The number of Topliss-reactive ketones (excluding diaryl/α,β-unsaturated/α-hetero) is 2. The highest BCUT2D eigenvalue weighted by atomic mass is 16.5. The highest BCUT2D eigenvalue weighted by molar-refractivity contribution is 6.25. The maximum absolute atomic E-state index is 14.0. The minimum absolute atomic E-state index is 0.0327. The smallest absolute Gasteiger partial charge is 0.411 e. The number of fused-ring (bicyclic) bond motifs is 3. The van der Waals surface area contributed by atoms with Gasteiger partial charge in [-0.05, 0) is 50.9 Å². The molecule has 0 heterocycles. The molecule has 3 aliphatic rings. The first-order valence-electron chi connectivity index (χ1n) is 12.9. The number of anilines is 2. The van der Waals surface area contributed by atoms with Gasteiger partial charge in [-0.25, -0.2) is 4.79 Å². The SMILES string of the molecule is C=CCCOC(=O)Nc1cc(N(C)C)c2c(c1O)C(=O)C1=C(O)C3(O)C(=O)C(C(N)=O)=C(O)C(N(C)C)C3CC1C2. The Labute approximate surface area is 236 Å². The molecule has 4 rings (SSSR count). The van der Waals surface area contributed by atoms with Crippen LogP contribution in [-0.2, 0) is 20.7 Å². The molecule has 41 heavy (non-hydrogen) atoms. The molecule has 220 valence electrons. The number of rotatable bonds is 7. The Balaban J connectivity index is 1.89. The largest absolute Gasteiger partial charge is 0.510 e. The lowest BCUT2D eigenvalue weighted by Gasteiger charge is -2.50. The molecule has 0 fully saturated rings. The number of nitrogens with zero attached hydrogens (tertiary/aromatic N) is 2. The molecule has 0 bridgehead atoms. The summed E-state index contributed by atoms with van der Waals surface area (Å²) in [4.78, 5) is 55.0. The molecule has 2 amide bonds. The van der Waals surface area contributed by atoms with Crippen LogP contribution < -0.4 is 16.0 Å². The van der Waals surface area contributed by atoms with Crippen molar-refractivity contribution in [3.05, 3.63) is 52.5 Å². The second-order valence-corrected chi connectivity index (χ2v) is 10.8. The molecule has 3 aliphatic carbocycles. The topological polar surface area (TPSA) is 203 Å². The number of likely N-dealkylation sites (N-methyl/N-ethyl adjacent to an activating group) is 1. The number of ether oxygens (including phenoxy) is 1. The number of phenolic OH excluding ortho intramolecular Hbond substituents is 1. The number of carbonyl (C=O) groups excluding carboxylic acids is 4. The minimum atomic E-state index is -2.74. The van der Waals surface area contributed by atoms with Crippen molar-refractivity contribution in [3.8, 4) is 5.75 Å². The molecular weight excluding hydrogens is 536 g/mol. The van der Waals surface area contributed by atoms with Gasteiger partial charge in [-0.3, -0.25) is 24.6 Å². The summed E-state index contributed by atoms with van der Waals surface area (Å²) < 4.78 is 5.05. The van der Waals surface area contributed by atoms with Crippen LogP contribution in [0.15, 0.2) is 41.4 Å². The van der Waals surface area contributed by atoms with Gasteiger partial charge in [-0.15, -0.1) is 6.58 Å². The standard InChI is InChI=1S/C28H34N4O9/c1-6-7-8-41-27(39)30-15-11-16(31(2)3)13-9-12-10-14-20(32(4)5)23(35)19(26(29)38)25(37)28(14,40)24(36)17(12)22(34)18(13)21(15)33/h6,11-12,14,20,33,35-36,40H,1,7-10H2,2-5H3,(H2,29,38)(H,30,39). The van der Waals surface area contributed by atoms with Gasteiger partial charge >= 0.3 is 6.09 Å². The molecule has 0 aliphatic heterocycles. The van der Waals surface area contributed by atoms with E-state index >= 15 is 0 Å². The predicted molar refractivity (Wildman–Crippen MR) is 148 cm³/mol. The van der Waals surface area contributed by atoms with Crippen molar-refractivity contribution in [2.75, 3.05) is 45.0 Å². The fraction of sp³-hybridized carbons (Fsp3) is 0.429. The molecule has 0 saturated heterocycles. The van der Waals surface area contributed by atoms with Crippen molar-refractivity contribution in [2.24, 2.45) is 17.6 Å². The Morgan fingerprint density at radius 1 is 1.22 bits per heavy atom. The molecule has 1 aromatic carbocycles. The van der Waals surface area contributed by atoms with Gasteiger partial charge in [0, 0.05) is 31.3 Å². The van der Waals surface area contributed by atoms with Crippen molar-refractivity contribution in [1.29, 1.82) is 0 Å². The summed E-state index contributed by atoms with van der Waals surface area (Å²) in [7, 11) is 6.54. The number of nitrogens with one attached hydrogen (secondary N) is 1. The van der Waals surface area contributed by atoms with E-state index in [0.29, 0.717) is 17.7 Å². The summed E-state index contributed by atoms with van der Waals surface area (Å²) in [5.74, 6) is -7.51. The summed E-state index contributed by atoms with van der Waals surface area (Å²) in [5.41, 5.74) is 2.02. The van der Waals surface area contributed by atoms with Crippen LogP contribution in [0, 0.1) is 11.8 Å². The quantitative estimate of drug-likeness (QED) is 0.119. The minimum Gasteiger partial charge on any atom is -0.510 e. The van der Waals surface area contributed by atoms with Crippen LogP contribution in [0.4, 0.5) is 16.2 Å². The molecule has 0 spiro atoms. The first-order chi connectivity index (χ1) is 19.2. The second kappa shape index (κ2) is 10.6. The van der Waals surface area contributed by atoms with Gasteiger partial charge in [-0.2, -0.15) is 0 Å². The lowest BCUT2D eigenvalue weighted by molar-refractivity contribution is -0.148. The fourth-order valence-electron chi connectivity index (χ4n) is 6.17. The van der Waals surface area contributed by atoms with Crippen molar-refractivity contribution >= 4 is 34.9 Å². The third-order valence-corrected chi connectivity index (χ3v) is 7.97. The summed E-state index contributed by atoms with van der Waals surface area (Å²) in [6, 6.07) is 0.408. The number of aromatic hydroxyl groups is 1. The van der Waals surface area contributed by atoms with Crippen molar-refractivity contribution in [2.45, 2.75) is 30.9 Å². The van der Waals surface area contributed by atoms with Crippen molar-refractivity contribution < 1.29 is 44.3 Å². The first-order valence-corrected chi connectivity index (χ1v) is 12.9. The number of ketones is 2. The van der Waals surface area contributed by atoms with E-state index in [4.69, 9.17) is 10.5 Å². The van der Waals surface area contributed by atoms with Gasteiger partial charge in [0.1, 0.15) is 17.1 Å². The number of aliphatic hydroxyl groups excluding tert-OH is 2. The Morgan fingerprint density at radius 3 is 2.44 bits per heavy atom. The van der Waals surface area contributed by atoms with E-state index in [1.807, 2.05) is 0 Å². The molecule has 0 radical (unpaired) electrons. The van der Waals surface area contributed by atoms with Gasteiger partial charge < -0.3 is 35.8 Å². The van der Waals surface area contributed by atoms with E-state index in [2.05, 4.69) is 11.9 Å². The zero-order chi connectivity index (χ0) is 30.5. The van der Waals surface area contributed by atoms with E-state index in [9.17, 15) is 39.6 Å². The monoisotopic (exact) mass is 570 g/mol. The lowest BCUT2D eigenvalue weighted by atomic mass is 9.58. The Hall–Kier alpha value is -4.36. The number of carbonyl (C=O) groups is 4. The number of phenols is 1. The third-order valence-electron chi connectivity index (χ3n) is 7.97. The van der Waals surface area contributed by atoms with Crippen molar-refractivity contribution in [1.82, 2.24) is 4.90 Å². The maximum Gasteiger partial charge on any atom is 0.411 e. The Morgan fingerprint density at radius 2 is 1.88 bits per heavy atom. The van der Waals surface area contributed by atoms with Gasteiger partial charge in [0.05, 0.1) is 23.9 Å². The predicted octanol–water partition coefficient (Wildman–Crippen LogP) is 1.31. The highest BCUT2D eigenvalue weighted by Gasteiger charge is 2.63. The first kappa shape index (κ1) is 29.6. The number of primary amides is 1. The molecule has 4 atom stereocenters. The zero-order valence-electron chi connectivity index (χ0n) is 23.2. The average Bonchev–Trinajstić information content (AvgIpc) is 2.87. The van der Waals surface area contributed by atoms with Gasteiger partial charge in [0.15, 0.2) is 17.1 Å². The number of amides is 2. The number of hydrogen-bond donors (Lipinski definition) is 6. The van der Waals surface area contributed by atoms with Crippen LogP contribution in [0.25, 0.3) is 0 Å². The third kappa shape index (κ3) is 4.50. The zero-order valence-corrected chi connectivity index (χ0v) is 23.2. The average molecular weight is 571 g/mol. The van der Waals surface area contributed by atoms with E-state index in [0.717, 1.165) is 0 Å². The number of benzene rings is 1. The van der Waals surface area contributed by atoms with Crippen molar-refractivity contribution in [3.63, 3.8) is 0 Å². The van der Waals surface area contributed by atoms with E-state index in [-0.39, 0.29) is 36.3 Å². The van der Waals surface area contributed by atoms with Crippen LogP contribution in [0.2, 0.25) is 0 Å². The number of nitrogens with two attached hydrogens (primary N) is 1. The van der Waals surface area contributed by atoms with Gasteiger partial charge in [0.25, 0.3) is 5.91 Å². The van der Waals surface area contributed by atoms with Crippen LogP contribution >= 0.6 is 0 Å². The summed E-state index contributed by atoms with van der Waals surface area (Å²) >= 11 is 0. The molecule has 13 heteroatoms. The molecule has 0 saturated carbocycles. The second-order valence-electron chi connectivity index (χ2n) is 10.8. The van der Waals surface area contributed by atoms with Gasteiger partial charge in [0.2, 0.25) is 5.78 Å². The van der Waals surface area contributed by atoms with Crippen LogP contribution in [0.1, 0.15) is 28.8 Å². The molecule has 7 N–H and O–H groups in total. The number of allylic oxidation sites excluding steroid dienone is 1. The van der Waals surface area contributed by atoms with Crippen LogP contribution in [0.5, 0.6) is 5.75 Å². The van der Waals surface area contributed by atoms with Crippen LogP contribution in [0.3, 0.4) is 0 Å². The summed E-state index contributed by atoms with van der Waals surface area (Å²) in [6.45, 7) is 3.59. The molecular formula is C28H34N4O9. The fourth-order valence-corrected chi connectivity index (χ4v) is 6.17. The number of aliphatic hydroxyl groups is 3. The van der Waals surface area contributed by atoms with E-state index in [1.54, 1.807) is 39.2 Å². The lowest BCUT2D eigenvalue weighted by Crippen LogP contribution is -2.63. The molecule has 13 nitrogen and oxygen atoms in total. The molecule has 1 aromatic rings. The van der Waals surface area contributed by atoms with Gasteiger partial charge in [-0.1, -0.05) is 6.08 Å². The normalized spacial score (nSPS) is 25.4. The van der Waals surface area contributed by atoms with E-state index < -0.39 is 69.9 Å². The summed E-state index contributed by atoms with van der Waals surface area (Å²) in [5, 5.41) is 47.6. The Kier molecular flexibility index (Phi) is 7.63. The van der Waals surface area contributed by atoms with E-state index in [1.165, 1.54) is 11.0 Å².